The number of aromatic amines is 1. The van der Waals surface area contributed by atoms with Gasteiger partial charge in [-0.25, -0.2) is 0 Å². The summed E-state index contributed by atoms with van der Waals surface area (Å²) in [4.78, 5) is 7.86. The number of aliphatic imine (C=N–C) groups is 1. The Balaban J connectivity index is 2.01. The van der Waals surface area contributed by atoms with E-state index >= 15 is 0 Å². The molecule has 0 saturated carbocycles. The van der Waals surface area contributed by atoms with Gasteiger partial charge in [0.2, 0.25) is 0 Å². The fourth-order valence-corrected chi connectivity index (χ4v) is 2.26. The molecule has 0 atom stereocenters. The van der Waals surface area contributed by atoms with E-state index in [2.05, 4.69) is 29.0 Å². The summed E-state index contributed by atoms with van der Waals surface area (Å²) in [6.07, 6.45) is 1.90. The molecule has 0 bridgehead atoms. The number of rotatable bonds is 2. The summed E-state index contributed by atoms with van der Waals surface area (Å²) in [6.45, 7) is 2.06. The van der Waals surface area contributed by atoms with Crippen molar-refractivity contribution in [3.63, 3.8) is 0 Å². The molecular weight excluding hydrogens is 256 g/mol. The van der Waals surface area contributed by atoms with Crippen molar-refractivity contribution in [3.8, 4) is 0 Å². The van der Waals surface area contributed by atoms with Crippen LogP contribution in [-0.4, -0.2) is 11.2 Å². The molecule has 0 radical (unpaired) electrons. The molecule has 0 aliphatic carbocycles. The Kier molecular flexibility index (Phi) is 3.10. The van der Waals surface area contributed by atoms with Crippen LogP contribution < -0.4 is 0 Å². The van der Waals surface area contributed by atoms with Crippen LogP contribution in [0.3, 0.4) is 0 Å². The molecule has 3 heteroatoms. The Hall–Kier alpha value is -2.06. The Morgan fingerprint density at radius 3 is 2.58 bits per heavy atom. The number of benzene rings is 2. The molecule has 1 heterocycles. The van der Waals surface area contributed by atoms with Crippen molar-refractivity contribution >= 4 is 34.4 Å². The van der Waals surface area contributed by atoms with E-state index in [-0.39, 0.29) is 0 Å². The van der Waals surface area contributed by atoms with Gasteiger partial charge < -0.3 is 4.98 Å². The molecule has 0 aliphatic heterocycles. The van der Waals surface area contributed by atoms with Crippen molar-refractivity contribution in [3.05, 3.63) is 64.8 Å². The lowest BCUT2D eigenvalue weighted by Crippen LogP contribution is -1.82. The third kappa shape index (κ3) is 2.40. The van der Waals surface area contributed by atoms with Crippen molar-refractivity contribution in [2.24, 2.45) is 4.99 Å². The first kappa shape index (κ1) is 12.0. The number of nitrogens with one attached hydrogen (secondary N) is 1. The maximum Gasteiger partial charge on any atom is 0.0630 e. The Morgan fingerprint density at radius 1 is 1.05 bits per heavy atom. The van der Waals surface area contributed by atoms with E-state index in [1.165, 1.54) is 5.39 Å². The number of hydrogen-bond donors (Lipinski definition) is 1. The molecule has 3 aromatic rings. The van der Waals surface area contributed by atoms with Crippen LogP contribution in [-0.2, 0) is 0 Å². The second-order valence-electron chi connectivity index (χ2n) is 4.44. The fraction of sp³-hybridized carbons (Fsp3) is 0.0625. The van der Waals surface area contributed by atoms with E-state index < -0.39 is 0 Å². The summed E-state index contributed by atoms with van der Waals surface area (Å²) in [5.74, 6) is 0. The quantitative estimate of drug-likeness (QED) is 0.642. The van der Waals surface area contributed by atoms with Gasteiger partial charge in [0.15, 0.2) is 0 Å². The minimum Gasteiger partial charge on any atom is -0.358 e. The summed E-state index contributed by atoms with van der Waals surface area (Å²) in [7, 11) is 0. The summed E-state index contributed by atoms with van der Waals surface area (Å²) < 4.78 is 0. The lowest BCUT2D eigenvalue weighted by Gasteiger charge is -1.95. The zero-order valence-electron chi connectivity index (χ0n) is 10.5. The van der Waals surface area contributed by atoms with E-state index in [0.29, 0.717) is 0 Å². The molecule has 0 fully saturated rings. The van der Waals surface area contributed by atoms with Crippen LogP contribution in [0.2, 0.25) is 5.02 Å². The molecule has 1 aromatic heterocycles. The van der Waals surface area contributed by atoms with E-state index in [1.807, 2.05) is 42.6 Å². The van der Waals surface area contributed by atoms with Gasteiger partial charge in [0.25, 0.3) is 0 Å². The molecule has 0 unspecified atom stereocenters. The van der Waals surface area contributed by atoms with Crippen LogP contribution in [0.25, 0.3) is 10.9 Å². The molecule has 2 nitrogen and oxygen atoms in total. The highest BCUT2D eigenvalue weighted by molar-refractivity contribution is 6.30. The number of nitrogens with zero attached hydrogens (tertiary/aromatic N) is 1. The highest BCUT2D eigenvalue weighted by Gasteiger charge is 2.04. The molecule has 3 rings (SSSR count). The SMILES string of the molecule is Cc1[nH]c2ccccc2c1C=Nc1ccc(Cl)cc1. The largest absolute Gasteiger partial charge is 0.358 e. The number of para-hydroxylation sites is 1. The number of aryl methyl sites for hydroxylation is 1. The molecule has 1 N–H and O–H groups in total. The molecule has 0 aliphatic rings. The van der Waals surface area contributed by atoms with Crippen LogP contribution in [0.5, 0.6) is 0 Å². The first-order chi connectivity index (χ1) is 9.24. The van der Waals surface area contributed by atoms with E-state index in [4.69, 9.17) is 11.6 Å². The predicted octanol–water partition coefficient (Wildman–Crippen LogP) is 4.88. The molecule has 94 valence electrons. The molecular formula is C16H13ClN2. The van der Waals surface area contributed by atoms with Gasteiger partial charge in [-0.3, -0.25) is 4.99 Å². The third-order valence-corrected chi connectivity index (χ3v) is 3.36. The summed E-state index contributed by atoms with van der Waals surface area (Å²) in [6, 6.07) is 15.7. The number of halogens is 1. The monoisotopic (exact) mass is 268 g/mol. The van der Waals surface area contributed by atoms with E-state index in [1.54, 1.807) is 0 Å². The topological polar surface area (TPSA) is 28.1 Å². The average Bonchev–Trinajstić information content (AvgIpc) is 2.74. The zero-order valence-corrected chi connectivity index (χ0v) is 11.3. The van der Waals surface area contributed by atoms with Gasteiger partial charge in [0.1, 0.15) is 0 Å². The van der Waals surface area contributed by atoms with Gasteiger partial charge in [0, 0.05) is 33.4 Å². The molecule has 0 saturated heterocycles. The number of H-pyrrole nitrogens is 1. The highest BCUT2D eigenvalue weighted by Crippen LogP contribution is 2.21. The Bertz CT molecular complexity index is 739. The fourth-order valence-electron chi connectivity index (χ4n) is 2.13. The zero-order chi connectivity index (χ0) is 13.2. The van der Waals surface area contributed by atoms with Gasteiger partial charge in [-0.05, 0) is 37.3 Å². The average molecular weight is 269 g/mol. The summed E-state index contributed by atoms with van der Waals surface area (Å²) in [5.41, 5.74) is 4.29. The minimum absolute atomic E-state index is 0.724. The van der Waals surface area contributed by atoms with E-state index in [9.17, 15) is 0 Å². The third-order valence-electron chi connectivity index (χ3n) is 3.11. The number of fused-ring (bicyclic) bond motifs is 1. The maximum absolute atomic E-state index is 5.86. The first-order valence-corrected chi connectivity index (χ1v) is 6.49. The summed E-state index contributed by atoms with van der Waals surface area (Å²) in [5, 5.41) is 1.92. The van der Waals surface area contributed by atoms with Crippen molar-refractivity contribution in [2.45, 2.75) is 6.92 Å². The van der Waals surface area contributed by atoms with E-state index in [0.717, 1.165) is 27.5 Å². The van der Waals surface area contributed by atoms with Gasteiger partial charge in [-0.1, -0.05) is 29.8 Å². The second kappa shape index (κ2) is 4.90. The van der Waals surface area contributed by atoms with Gasteiger partial charge >= 0.3 is 0 Å². The molecule has 0 spiro atoms. The molecule has 2 aromatic carbocycles. The number of hydrogen-bond acceptors (Lipinski definition) is 1. The Morgan fingerprint density at radius 2 is 1.79 bits per heavy atom. The first-order valence-electron chi connectivity index (χ1n) is 6.11. The van der Waals surface area contributed by atoms with Gasteiger partial charge in [-0.2, -0.15) is 0 Å². The number of aromatic nitrogens is 1. The van der Waals surface area contributed by atoms with Crippen molar-refractivity contribution in [1.82, 2.24) is 4.98 Å². The van der Waals surface area contributed by atoms with Crippen LogP contribution >= 0.6 is 11.6 Å². The van der Waals surface area contributed by atoms with Gasteiger partial charge in [-0.15, -0.1) is 0 Å². The van der Waals surface area contributed by atoms with Crippen LogP contribution in [0.4, 0.5) is 5.69 Å². The Labute approximate surface area is 116 Å². The van der Waals surface area contributed by atoms with Crippen LogP contribution in [0.15, 0.2) is 53.5 Å². The second-order valence-corrected chi connectivity index (χ2v) is 4.88. The van der Waals surface area contributed by atoms with Crippen molar-refractivity contribution in [2.75, 3.05) is 0 Å². The lowest BCUT2D eigenvalue weighted by molar-refractivity contribution is 1.29. The molecule has 0 amide bonds. The van der Waals surface area contributed by atoms with Crippen molar-refractivity contribution in [1.29, 1.82) is 0 Å². The van der Waals surface area contributed by atoms with Gasteiger partial charge in [0.05, 0.1) is 5.69 Å². The standard InChI is InChI=1S/C16H13ClN2/c1-11-15(14-4-2-3-5-16(14)19-11)10-18-13-8-6-12(17)7-9-13/h2-10,19H,1H3. The minimum atomic E-state index is 0.724. The van der Waals surface area contributed by atoms with Crippen molar-refractivity contribution < 1.29 is 0 Å². The van der Waals surface area contributed by atoms with Crippen LogP contribution in [0.1, 0.15) is 11.3 Å². The predicted molar refractivity (Wildman–Crippen MR) is 81.7 cm³/mol. The molecule has 19 heavy (non-hydrogen) atoms. The van der Waals surface area contributed by atoms with Crippen LogP contribution in [0, 0.1) is 6.92 Å². The maximum atomic E-state index is 5.86. The lowest BCUT2D eigenvalue weighted by atomic mass is 10.1. The highest BCUT2D eigenvalue weighted by atomic mass is 35.5. The smallest absolute Gasteiger partial charge is 0.0630 e. The summed E-state index contributed by atoms with van der Waals surface area (Å²) >= 11 is 5.86. The normalized spacial score (nSPS) is 11.5.